The van der Waals surface area contributed by atoms with E-state index in [1.54, 1.807) is 6.92 Å². The molecule has 0 radical (unpaired) electrons. The number of amides is 2. The monoisotopic (exact) mass is 1340 g/mol. The van der Waals surface area contributed by atoms with Crippen LogP contribution in [-0.2, 0) is 66.7 Å². The number of aromatic carboxylic acids is 1. The van der Waals surface area contributed by atoms with Gasteiger partial charge in [-0.2, -0.15) is 21.8 Å². The number of phosphoric acid groups is 1. The summed E-state index contributed by atoms with van der Waals surface area (Å²) >= 11 is 0. The molecule has 0 saturated carbocycles. The minimum atomic E-state index is -5.23. The number of nitrogens with two attached hydrogens (primary N) is 2. The molecule has 2 aromatic heterocycles. The van der Waals surface area contributed by atoms with E-state index in [9.17, 15) is 69.4 Å². The van der Waals surface area contributed by atoms with Crippen LogP contribution in [0.1, 0.15) is 60.4 Å². The molecule has 14 N–H and O–H groups in total. The van der Waals surface area contributed by atoms with Crippen molar-refractivity contribution in [1.82, 2.24) is 30.2 Å². The zero-order valence-electron chi connectivity index (χ0n) is 46.3. The third kappa shape index (κ3) is 19.7. The highest BCUT2D eigenvalue weighted by Crippen LogP contribution is 2.51. The van der Waals surface area contributed by atoms with E-state index in [0.717, 1.165) is 18.2 Å². The third-order valence-corrected chi connectivity index (χ3v) is 18.9. The lowest BCUT2D eigenvalue weighted by Gasteiger charge is -2.28. The molecular weight excluding hydrogens is 1280 g/mol. The van der Waals surface area contributed by atoms with Crippen molar-refractivity contribution in [2.75, 3.05) is 90.0 Å². The lowest BCUT2D eigenvalue weighted by Crippen LogP contribution is -2.36. The van der Waals surface area contributed by atoms with Gasteiger partial charge in [0.25, 0.3) is 31.7 Å². The first-order valence-corrected chi connectivity index (χ1v) is 33.4. The molecule has 2 unspecified atom stereocenters. The van der Waals surface area contributed by atoms with Crippen molar-refractivity contribution in [1.29, 1.82) is 5.41 Å². The number of anilines is 2. The molecule has 4 aromatic rings. The number of H-pyrrole nitrogens is 1. The molecular formula is C48H62N9O24P2S4+. The number of hydrogen-bond donors (Lipinski definition) is 12. The molecule has 39 heteroatoms. The van der Waals surface area contributed by atoms with Crippen molar-refractivity contribution in [3.63, 3.8) is 0 Å². The maximum atomic E-state index is 13.2. The first kappa shape index (κ1) is 70.0. The van der Waals surface area contributed by atoms with E-state index < -0.39 is 121 Å². The number of rotatable bonds is 36. The van der Waals surface area contributed by atoms with Crippen LogP contribution in [0.2, 0.25) is 0 Å². The second-order valence-electron chi connectivity index (χ2n) is 19.2. The Kier molecular flexibility index (Phi) is 24.9. The van der Waals surface area contributed by atoms with Gasteiger partial charge in [-0.3, -0.25) is 43.3 Å². The minimum absolute atomic E-state index is 0.00646. The Bertz CT molecular complexity index is 3850. The highest BCUT2D eigenvalue weighted by molar-refractivity contribution is 8.77. The number of benzene rings is 3. The summed E-state index contributed by atoms with van der Waals surface area (Å²) in [6, 6.07) is 7.43. The van der Waals surface area contributed by atoms with Crippen molar-refractivity contribution in [2.24, 2.45) is 0 Å². The number of nitrogens with one attached hydrogen (secondary N) is 4. The Morgan fingerprint density at radius 3 is 2.20 bits per heavy atom. The van der Waals surface area contributed by atoms with E-state index in [1.165, 1.54) is 56.7 Å². The van der Waals surface area contributed by atoms with E-state index in [2.05, 4.69) is 29.9 Å². The second kappa shape index (κ2) is 30.9. The van der Waals surface area contributed by atoms with Gasteiger partial charge in [0.1, 0.15) is 12.0 Å². The maximum absolute atomic E-state index is 13.2. The first-order valence-electron chi connectivity index (χ1n) is 25.6. The quantitative estimate of drug-likeness (QED) is 0.00511. The smallest absolute Gasteiger partial charge is 0.478 e. The molecule has 0 bridgehead atoms. The number of carbonyl (C=O) groups excluding carboxylic acids is 2. The van der Waals surface area contributed by atoms with Gasteiger partial charge in [0, 0.05) is 56.9 Å². The van der Waals surface area contributed by atoms with Crippen LogP contribution in [0.4, 0.5) is 11.6 Å². The molecule has 3 heterocycles. The van der Waals surface area contributed by atoms with Gasteiger partial charge in [0.05, 0.1) is 88.5 Å². The predicted octanol–water partition coefficient (Wildman–Crippen LogP) is 3.07. The second-order valence-corrected chi connectivity index (χ2v) is 27.2. The molecule has 0 spiro atoms. The lowest BCUT2D eigenvalue weighted by molar-refractivity contribution is -0.122. The predicted molar refractivity (Wildman–Crippen MR) is 312 cm³/mol. The normalized spacial score (nSPS) is 14.2. The maximum Gasteiger partial charge on any atom is 0.705 e. The summed E-state index contributed by atoms with van der Waals surface area (Å²) in [5, 5.41) is 34.0. The molecule has 6 rings (SSSR count). The summed E-state index contributed by atoms with van der Waals surface area (Å²) in [4.78, 5) is 77.9. The van der Waals surface area contributed by atoms with Gasteiger partial charge in [0.15, 0.2) is 32.3 Å². The zero-order valence-corrected chi connectivity index (χ0v) is 51.4. The number of phosphoric ester groups is 1. The number of fused-ring (bicyclic) bond motifs is 3. The molecule has 0 fully saturated rings. The summed E-state index contributed by atoms with van der Waals surface area (Å²) < 4.78 is 136. The number of carboxylic acid groups (broad SMARTS) is 1. The number of ether oxygens (including phenoxy) is 5. The van der Waals surface area contributed by atoms with E-state index in [-0.39, 0.29) is 135 Å². The molecule has 476 valence electrons. The van der Waals surface area contributed by atoms with Crippen LogP contribution in [0.15, 0.2) is 67.8 Å². The number of aromatic nitrogens is 4. The van der Waals surface area contributed by atoms with Crippen molar-refractivity contribution >= 4 is 109 Å². The standard InChI is InChI=1S/C48H61N9O24P2S4/c1-26(57-24-54-38-43(57)55-47(51)56-45(38)61)20-35(34(58)22-79-83(66,67)81-82(64)65)78-25-84-85-48(2,3)23-53-36(59)10-12-74-14-16-76-18-19-77-17-15-75-13-11-52-44(60)27-4-5-28(31(21-27)46(62)63)37-29-6-8-32(49)41(86(68,69)70)39(29)80-40-30(37)7-9-33(50)42(40)87(71,72)73/h4-9,21,24,26,34-35,58H,10-20,22-23,25H2,1-3H3,(H12-,49,50,51,52,53,55,56,59,60,61,62,63,64,65,66,67,68,69,70,71,72,73)/p+1/t26-,34-,35-/m1/s1. The molecule has 2 aliphatic rings. The SMILES string of the molecule is C[C@H](C[C@@H](OCSSC(C)(C)CNC(=O)CCOCCOCCOCCOCCNC(=O)c1ccc(-c2c3ccc(=N)c(S(=O)(=O)O)c-3oc3c(S(=O)(=O)O)c(N)ccc23)c(C(=O)O)c1)[C@H](O)COP(=O)(O)O[P+](=O)O)n1cnc2c(=O)[nH]c(N)nc21. The fourth-order valence-electron chi connectivity index (χ4n) is 8.31. The van der Waals surface area contributed by atoms with Gasteiger partial charge in [0.2, 0.25) is 11.9 Å². The lowest BCUT2D eigenvalue weighted by atomic mass is 9.89. The van der Waals surface area contributed by atoms with Gasteiger partial charge >= 0.3 is 22.0 Å². The van der Waals surface area contributed by atoms with E-state index in [0.29, 0.717) is 0 Å². The number of nitrogens with zero attached hydrogens (tertiary/aromatic N) is 3. The van der Waals surface area contributed by atoms with Crippen LogP contribution < -0.4 is 33.0 Å². The van der Waals surface area contributed by atoms with Crippen LogP contribution in [0.25, 0.3) is 44.6 Å². The number of aliphatic hydroxyl groups is 1. The average molecular weight is 1340 g/mol. The molecule has 0 saturated heterocycles. The molecule has 87 heavy (non-hydrogen) atoms. The Morgan fingerprint density at radius 1 is 0.931 bits per heavy atom. The van der Waals surface area contributed by atoms with Crippen molar-refractivity contribution in [3.05, 3.63) is 75.6 Å². The van der Waals surface area contributed by atoms with Gasteiger partial charge < -0.3 is 65.0 Å². The molecule has 33 nitrogen and oxygen atoms in total. The fourth-order valence-corrected chi connectivity index (χ4v) is 13.2. The number of aliphatic hydroxyl groups excluding tert-OH is 1. The van der Waals surface area contributed by atoms with E-state index >= 15 is 0 Å². The van der Waals surface area contributed by atoms with Crippen LogP contribution in [0.5, 0.6) is 0 Å². The summed E-state index contributed by atoms with van der Waals surface area (Å²) in [6.45, 7) is 6.23. The van der Waals surface area contributed by atoms with Gasteiger partial charge in [-0.1, -0.05) is 27.7 Å². The van der Waals surface area contributed by atoms with Crippen molar-refractivity contribution in [3.8, 4) is 22.5 Å². The van der Waals surface area contributed by atoms with Crippen LogP contribution in [-0.4, -0.2) is 179 Å². The summed E-state index contributed by atoms with van der Waals surface area (Å²) in [5.41, 5.74) is 8.80. The number of hydrogen-bond acceptors (Lipinski definition) is 26. The molecule has 1 aliphatic carbocycles. The van der Waals surface area contributed by atoms with Crippen molar-refractivity contribution in [2.45, 2.75) is 66.4 Å². The Hall–Kier alpha value is -6.06. The number of imidazole rings is 1. The zero-order chi connectivity index (χ0) is 64.0. The number of carbonyl (C=O) groups is 3. The Morgan fingerprint density at radius 2 is 1.56 bits per heavy atom. The third-order valence-electron chi connectivity index (χ3n) is 12.3. The van der Waals surface area contributed by atoms with Gasteiger partial charge in [-0.25, -0.2) is 14.3 Å². The molecule has 1 aliphatic heterocycles. The fraction of sp³-hybridized carbons (Fsp3) is 0.438. The number of carboxylic acids is 1. The molecule has 2 aromatic carbocycles. The van der Waals surface area contributed by atoms with E-state index in [1.807, 2.05) is 13.8 Å². The summed E-state index contributed by atoms with van der Waals surface area (Å²) in [7, 11) is -16.3. The topological polar surface area (TPSA) is 516 Å². The summed E-state index contributed by atoms with van der Waals surface area (Å²) in [6.07, 6.45) is -1.19. The van der Waals surface area contributed by atoms with Gasteiger partial charge in [-0.15, -0.1) is 4.89 Å². The van der Waals surface area contributed by atoms with Crippen molar-refractivity contribution < 1.29 is 106 Å². The number of nitrogen functional groups attached to an aromatic ring is 2. The molecule has 5 atom stereocenters. The number of aromatic amines is 1. The largest absolute Gasteiger partial charge is 0.705 e. The molecule has 2 amide bonds. The average Bonchev–Trinajstić information content (AvgIpc) is 1.23. The Balaban J connectivity index is 0.852. The first-order chi connectivity index (χ1) is 40.9. The minimum Gasteiger partial charge on any atom is -0.478 e. The van der Waals surface area contributed by atoms with Crippen LogP contribution >= 0.6 is 37.7 Å². The van der Waals surface area contributed by atoms with E-state index in [4.69, 9.17) is 54.4 Å². The van der Waals surface area contributed by atoms with Crippen LogP contribution in [0.3, 0.4) is 0 Å². The highest BCUT2D eigenvalue weighted by Gasteiger charge is 2.37. The highest BCUT2D eigenvalue weighted by atomic mass is 33.1. The van der Waals surface area contributed by atoms with Crippen LogP contribution in [0, 0.1) is 5.41 Å². The Labute approximate surface area is 503 Å². The summed E-state index contributed by atoms with van der Waals surface area (Å²) in [5.74, 6) is -3.46. The van der Waals surface area contributed by atoms with Gasteiger partial charge in [-0.05, 0) is 73.5 Å².